The van der Waals surface area contributed by atoms with Gasteiger partial charge in [-0.3, -0.25) is 24.5 Å². The van der Waals surface area contributed by atoms with Crippen molar-refractivity contribution in [1.29, 1.82) is 0 Å². The van der Waals surface area contributed by atoms with Crippen LogP contribution in [0.1, 0.15) is 46.1 Å². The van der Waals surface area contributed by atoms with Gasteiger partial charge in [-0.2, -0.15) is 0 Å². The van der Waals surface area contributed by atoms with Gasteiger partial charge in [0.25, 0.3) is 0 Å². The van der Waals surface area contributed by atoms with E-state index in [4.69, 9.17) is 4.42 Å². The van der Waals surface area contributed by atoms with Crippen LogP contribution >= 0.6 is 0 Å². The molecule has 12 heteroatoms. The van der Waals surface area contributed by atoms with Crippen LogP contribution in [-0.2, 0) is 0 Å². The van der Waals surface area contributed by atoms with Gasteiger partial charge in [-0.25, -0.2) is 29.9 Å². The number of nitrogens with zero attached hydrogens (tertiary/aromatic N) is 11. The molecule has 8 heterocycles. The third-order valence-corrected chi connectivity index (χ3v) is 17.9. The molecular formula is C98H83N11O. The second-order valence-corrected chi connectivity index (χ2v) is 26.2. The zero-order valence-corrected chi connectivity index (χ0v) is 62.9. The number of oxazole rings is 1. The Morgan fingerprint density at radius 2 is 0.709 bits per heavy atom. The Kier molecular flexibility index (Phi) is 24.5. The van der Waals surface area contributed by atoms with E-state index >= 15 is 0 Å². The highest BCUT2D eigenvalue weighted by Gasteiger charge is 2.11. The highest BCUT2D eigenvalue weighted by atomic mass is 16.3. The molecule has 0 amide bonds. The average molecular weight is 1430 g/mol. The first kappa shape index (κ1) is 74.2. The van der Waals surface area contributed by atoms with E-state index in [1.807, 2.05) is 256 Å². The Labute approximate surface area is 641 Å². The van der Waals surface area contributed by atoms with Gasteiger partial charge >= 0.3 is 0 Å². The summed E-state index contributed by atoms with van der Waals surface area (Å²) in [6.07, 6.45) is 3.75. The molecule has 0 aliphatic carbocycles. The Morgan fingerprint density at radius 3 is 1.37 bits per heavy atom. The van der Waals surface area contributed by atoms with Crippen LogP contribution in [0.4, 0.5) is 0 Å². The van der Waals surface area contributed by atoms with Gasteiger partial charge in [-0.1, -0.05) is 261 Å². The number of aryl methyl sites for hydroxylation is 8. The van der Waals surface area contributed by atoms with Crippen molar-refractivity contribution in [3.05, 3.63) is 404 Å². The first-order valence-electron chi connectivity index (χ1n) is 36.6. The van der Waals surface area contributed by atoms with Crippen LogP contribution in [0, 0.1) is 55.4 Å². The van der Waals surface area contributed by atoms with Gasteiger partial charge in [0.05, 0.1) is 44.5 Å². The molecule has 0 radical (unpaired) electrons. The highest BCUT2D eigenvalue weighted by molar-refractivity contribution is 5.96. The zero-order chi connectivity index (χ0) is 76.0. The normalized spacial score (nSPS) is 10.5. The quantitative estimate of drug-likeness (QED) is 0.166. The van der Waals surface area contributed by atoms with Gasteiger partial charge < -0.3 is 4.42 Å². The monoisotopic (exact) mass is 1430 g/mol. The number of hydrogen-bond acceptors (Lipinski definition) is 11. The van der Waals surface area contributed by atoms with Crippen LogP contribution in [0.2, 0.25) is 0 Å². The van der Waals surface area contributed by atoms with Crippen molar-refractivity contribution < 1.29 is 4.42 Å². The minimum atomic E-state index is 0.723. The molecule has 20 aromatic rings. The largest absolute Gasteiger partial charge is 0.441 e. The lowest BCUT2D eigenvalue weighted by Gasteiger charge is -2.07. The Bertz CT molecular complexity index is 5910. The molecule has 0 fully saturated rings. The van der Waals surface area contributed by atoms with Gasteiger partial charge in [0.1, 0.15) is 23.0 Å². The van der Waals surface area contributed by atoms with E-state index in [-0.39, 0.29) is 0 Å². The van der Waals surface area contributed by atoms with Crippen LogP contribution in [0.15, 0.2) is 363 Å². The number of aromatic nitrogens is 11. The fourth-order valence-electron chi connectivity index (χ4n) is 12.8. The number of imidazole rings is 1. The van der Waals surface area contributed by atoms with E-state index in [0.29, 0.717) is 0 Å². The lowest BCUT2D eigenvalue weighted by atomic mass is 10.0. The molecule has 110 heavy (non-hydrogen) atoms. The first-order chi connectivity index (χ1) is 53.8. The standard InChI is InChI=1S/2C16H13N.C15H12N2.C14H12N2.2C10H9N.C9H8N2.C8H7NO/c1-12-11-15(13-7-3-2-4-8-13)14-9-5-6-10-16(14)17-12;1-12-11-14-9-5-6-10-15(14)16(17-12)13-7-3-2-4-8-13;1-11-16-14-10-6-5-9-13(14)15(17-11)12-7-3-2-4-8-12;1-11-15-13-9-5-6-10-14(13)16(11)12-7-3-2-4-8-12;1-8-6-9-4-2-3-5-10(9)7-11-8;1-8-6-7-9-4-2-3-5-10(9)11-8;1-7-10-6-8-4-2-3-5-9(8)11-7;1-6-9-7-4-2-3-5-8(7)10-6/h2*2-11H,1H3;2-10H,1H3;2-10H,1H3;2*2-7H,1H3;2-6H,1H3;2-5H,1H3. The second-order valence-electron chi connectivity index (χ2n) is 26.2. The summed E-state index contributed by atoms with van der Waals surface area (Å²) < 4.78 is 7.43. The Hall–Kier alpha value is -14.1. The van der Waals surface area contributed by atoms with Crippen molar-refractivity contribution in [3.63, 3.8) is 0 Å². The van der Waals surface area contributed by atoms with E-state index in [0.717, 1.165) is 124 Å². The Morgan fingerprint density at radius 1 is 0.255 bits per heavy atom. The number of para-hydroxylation sites is 9. The molecule has 0 unspecified atom stereocenters. The van der Waals surface area contributed by atoms with Crippen molar-refractivity contribution >= 4 is 87.3 Å². The second kappa shape index (κ2) is 36.3. The zero-order valence-electron chi connectivity index (χ0n) is 62.9. The molecule has 12 aromatic carbocycles. The number of rotatable bonds is 4. The molecule has 8 aromatic heterocycles. The summed E-state index contributed by atoms with van der Waals surface area (Å²) in [5.41, 5.74) is 20.5. The number of pyridine rings is 4. The van der Waals surface area contributed by atoms with Crippen LogP contribution in [0.25, 0.3) is 127 Å². The van der Waals surface area contributed by atoms with Crippen molar-refractivity contribution in [2.24, 2.45) is 0 Å². The third kappa shape index (κ3) is 19.3. The summed E-state index contributed by atoms with van der Waals surface area (Å²) in [4.78, 5) is 43.9. The molecule has 0 aliphatic heterocycles. The predicted molar refractivity (Wildman–Crippen MR) is 455 cm³/mol. The van der Waals surface area contributed by atoms with Crippen molar-refractivity contribution in [3.8, 4) is 39.3 Å². The van der Waals surface area contributed by atoms with Gasteiger partial charge in [-0.15, -0.1) is 0 Å². The summed E-state index contributed by atoms with van der Waals surface area (Å²) in [5, 5.41) is 9.55. The van der Waals surface area contributed by atoms with E-state index in [2.05, 4.69) is 212 Å². The molecule has 0 N–H and O–H groups in total. The predicted octanol–water partition coefficient (Wildman–Crippen LogP) is 24.5. The minimum Gasteiger partial charge on any atom is -0.441 e. The lowest BCUT2D eigenvalue weighted by molar-refractivity contribution is 0.561. The van der Waals surface area contributed by atoms with Crippen molar-refractivity contribution in [2.45, 2.75) is 55.4 Å². The molecule has 0 atom stereocenters. The Balaban J connectivity index is 0.000000111. The van der Waals surface area contributed by atoms with Gasteiger partial charge in [0.2, 0.25) is 0 Å². The minimum absolute atomic E-state index is 0.723. The highest BCUT2D eigenvalue weighted by Crippen LogP contribution is 2.31. The molecule has 20 rings (SSSR count). The molecule has 0 saturated heterocycles. The molecule has 0 spiro atoms. The number of hydrogen-bond donors (Lipinski definition) is 0. The summed E-state index contributed by atoms with van der Waals surface area (Å²) in [6.45, 7) is 15.8. The maximum absolute atomic E-state index is 5.26. The summed E-state index contributed by atoms with van der Waals surface area (Å²) >= 11 is 0. The SMILES string of the molecule is Cc1cc(-c2ccccc2)c2ccccc2n1.Cc1cc2ccccc2c(-c2ccccc2)n1.Cc1cc2ccccc2cn1.Cc1ccc2ccccc2n1.Cc1nc(-c2ccccc2)c2ccccc2n1.Cc1nc2ccccc2n1-c1ccccc1.Cc1nc2ccccc2o1.Cc1ncc2ccccc2n1. The molecular weight excluding hydrogens is 1350 g/mol. The van der Waals surface area contributed by atoms with Crippen LogP contribution in [-0.4, -0.2) is 54.4 Å². The van der Waals surface area contributed by atoms with E-state index < -0.39 is 0 Å². The van der Waals surface area contributed by atoms with Gasteiger partial charge in [0.15, 0.2) is 11.5 Å². The third-order valence-electron chi connectivity index (χ3n) is 17.9. The van der Waals surface area contributed by atoms with Gasteiger partial charge in [-0.05, 0) is 155 Å². The molecule has 12 nitrogen and oxygen atoms in total. The van der Waals surface area contributed by atoms with Crippen LogP contribution in [0.5, 0.6) is 0 Å². The fourth-order valence-corrected chi connectivity index (χ4v) is 12.8. The van der Waals surface area contributed by atoms with Gasteiger partial charge in [0, 0.05) is 91.2 Å². The fraction of sp³-hybridized carbons (Fsp3) is 0.0816. The summed E-state index contributed by atoms with van der Waals surface area (Å²) in [7, 11) is 0. The summed E-state index contributed by atoms with van der Waals surface area (Å²) in [6, 6.07) is 117. The number of fused-ring (bicyclic) bond motifs is 8. The van der Waals surface area contributed by atoms with E-state index in [1.54, 1.807) is 0 Å². The smallest absolute Gasteiger partial charge is 0.192 e. The van der Waals surface area contributed by atoms with Crippen molar-refractivity contribution in [1.82, 2.24) is 54.4 Å². The molecule has 536 valence electrons. The maximum Gasteiger partial charge on any atom is 0.192 e. The van der Waals surface area contributed by atoms with Crippen LogP contribution < -0.4 is 0 Å². The van der Waals surface area contributed by atoms with E-state index in [1.165, 1.54) is 49.0 Å². The number of benzene rings is 12. The molecule has 0 saturated carbocycles. The van der Waals surface area contributed by atoms with E-state index in [9.17, 15) is 0 Å². The molecule has 0 aliphatic rings. The first-order valence-corrected chi connectivity index (χ1v) is 36.6. The van der Waals surface area contributed by atoms with Crippen LogP contribution in [0.3, 0.4) is 0 Å². The summed E-state index contributed by atoms with van der Waals surface area (Å²) in [5.74, 6) is 3.37. The molecule has 0 bridgehead atoms. The topological polar surface area (TPSA) is 147 Å². The van der Waals surface area contributed by atoms with Crippen molar-refractivity contribution in [2.75, 3.05) is 0 Å². The lowest BCUT2D eigenvalue weighted by Crippen LogP contribution is -1.95. The average Bonchev–Trinajstić information content (AvgIpc) is 1.65. The maximum atomic E-state index is 5.26.